The lowest BCUT2D eigenvalue weighted by molar-refractivity contribution is -0.122. The Balaban J connectivity index is 1.62. The number of amides is 2. The number of para-hydroxylation sites is 1. The number of carbonyl (C=O) groups is 2. The van der Waals surface area contributed by atoms with Gasteiger partial charge in [-0.05, 0) is 72.9 Å². The normalized spacial score (nSPS) is 15.0. The van der Waals surface area contributed by atoms with Crippen LogP contribution in [-0.2, 0) is 9.59 Å². The van der Waals surface area contributed by atoms with Gasteiger partial charge in [0, 0.05) is 5.56 Å². The summed E-state index contributed by atoms with van der Waals surface area (Å²) in [5.41, 5.74) is 0.218. The van der Waals surface area contributed by atoms with Crippen molar-refractivity contribution in [3.63, 3.8) is 0 Å². The van der Waals surface area contributed by atoms with E-state index in [9.17, 15) is 14.0 Å². The lowest BCUT2D eigenvalue weighted by Crippen LogP contribution is -2.54. The third kappa shape index (κ3) is 4.35. The number of nitrogens with zero attached hydrogens (tertiary/aromatic N) is 1. The van der Waals surface area contributed by atoms with E-state index < -0.39 is 17.6 Å². The molecule has 0 radical (unpaired) electrons. The first-order valence-corrected chi connectivity index (χ1v) is 9.95. The number of methoxy groups -OCH3 is 1. The summed E-state index contributed by atoms with van der Waals surface area (Å²) in [5, 5.41) is 2.41. The van der Waals surface area contributed by atoms with E-state index in [1.54, 1.807) is 24.3 Å². The van der Waals surface area contributed by atoms with Crippen molar-refractivity contribution in [3.8, 4) is 17.2 Å². The molecule has 0 aliphatic carbocycles. The number of ether oxygens (including phenoxy) is 2. The van der Waals surface area contributed by atoms with Gasteiger partial charge in [0.2, 0.25) is 0 Å². The van der Waals surface area contributed by atoms with Crippen molar-refractivity contribution >= 4 is 40.9 Å². The van der Waals surface area contributed by atoms with Crippen LogP contribution in [-0.4, -0.2) is 24.0 Å². The van der Waals surface area contributed by atoms with Crippen molar-refractivity contribution in [2.75, 3.05) is 12.0 Å². The van der Waals surface area contributed by atoms with Crippen molar-refractivity contribution in [1.82, 2.24) is 5.32 Å². The molecule has 0 unspecified atom stereocenters. The molecule has 8 heteroatoms. The van der Waals surface area contributed by atoms with Crippen LogP contribution in [0.1, 0.15) is 5.56 Å². The predicted molar refractivity (Wildman–Crippen MR) is 122 cm³/mol. The number of nitrogens with one attached hydrogen (secondary N) is 1. The topological polar surface area (TPSA) is 67.9 Å². The molecule has 3 aromatic carbocycles. The molecule has 32 heavy (non-hydrogen) atoms. The van der Waals surface area contributed by atoms with Gasteiger partial charge in [0.1, 0.15) is 28.6 Å². The van der Waals surface area contributed by atoms with E-state index in [1.165, 1.54) is 36.3 Å². The van der Waals surface area contributed by atoms with Crippen molar-refractivity contribution in [1.29, 1.82) is 0 Å². The van der Waals surface area contributed by atoms with Crippen LogP contribution >= 0.6 is 12.2 Å². The molecule has 1 heterocycles. The van der Waals surface area contributed by atoms with Crippen LogP contribution < -0.4 is 19.7 Å². The number of thiocarbonyl (C=S) groups is 1. The Morgan fingerprint density at radius 3 is 2.28 bits per heavy atom. The van der Waals surface area contributed by atoms with Crippen LogP contribution in [0.25, 0.3) is 6.08 Å². The molecule has 1 saturated heterocycles. The molecule has 1 aliphatic heterocycles. The number of carbonyl (C=O) groups excluding carboxylic acids is 2. The van der Waals surface area contributed by atoms with E-state index in [2.05, 4.69) is 5.32 Å². The summed E-state index contributed by atoms with van der Waals surface area (Å²) in [6.45, 7) is 0. The van der Waals surface area contributed by atoms with Crippen molar-refractivity contribution in [2.24, 2.45) is 0 Å². The maximum absolute atomic E-state index is 14.2. The van der Waals surface area contributed by atoms with Crippen molar-refractivity contribution in [3.05, 3.63) is 89.8 Å². The van der Waals surface area contributed by atoms with E-state index in [1.807, 2.05) is 30.3 Å². The molecule has 6 nitrogen and oxygen atoms in total. The zero-order valence-corrected chi connectivity index (χ0v) is 17.7. The molecule has 160 valence electrons. The van der Waals surface area contributed by atoms with Gasteiger partial charge < -0.3 is 9.47 Å². The Hall–Kier alpha value is -4.04. The molecular weight excluding hydrogens is 431 g/mol. The first-order valence-electron chi connectivity index (χ1n) is 9.54. The molecule has 3 aromatic rings. The molecule has 4 rings (SSSR count). The maximum Gasteiger partial charge on any atom is 0.270 e. The Labute approximate surface area is 188 Å². The van der Waals surface area contributed by atoms with Gasteiger partial charge in [-0.25, -0.2) is 4.39 Å². The Morgan fingerprint density at radius 1 is 0.938 bits per heavy atom. The summed E-state index contributed by atoms with van der Waals surface area (Å²) in [6, 6.07) is 19.9. The third-order valence-electron chi connectivity index (χ3n) is 4.68. The minimum absolute atomic E-state index is 0.0437. The fourth-order valence-electron chi connectivity index (χ4n) is 3.09. The average Bonchev–Trinajstić information content (AvgIpc) is 2.79. The summed E-state index contributed by atoms with van der Waals surface area (Å²) < 4.78 is 25.1. The molecule has 0 bridgehead atoms. The molecule has 0 saturated carbocycles. The van der Waals surface area contributed by atoms with Gasteiger partial charge in [-0.3, -0.25) is 19.8 Å². The molecular formula is C24H17FN2O4S. The van der Waals surface area contributed by atoms with Crippen LogP contribution in [0, 0.1) is 5.82 Å². The number of halogens is 1. The van der Waals surface area contributed by atoms with E-state index in [4.69, 9.17) is 21.7 Å². The maximum atomic E-state index is 14.2. The van der Waals surface area contributed by atoms with Gasteiger partial charge in [-0.15, -0.1) is 0 Å². The Kier molecular flexibility index (Phi) is 5.96. The van der Waals surface area contributed by atoms with Gasteiger partial charge in [0.05, 0.1) is 12.8 Å². The number of hydrogen-bond acceptors (Lipinski definition) is 5. The lowest BCUT2D eigenvalue weighted by atomic mass is 10.1. The van der Waals surface area contributed by atoms with Gasteiger partial charge in [0.15, 0.2) is 5.11 Å². The fraction of sp³-hybridized carbons (Fsp3) is 0.0417. The highest BCUT2D eigenvalue weighted by Gasteiger charge is 2.34. The standard InChI is InChI=1S/C24H17FN2O4S/c1-30-19-11-12-21(25)15(13-19)14-20-22(28)26-24(32)27(23(20)29)16-7-9-18(10-8-16)31-17-5-3-2-4-6-17/h2-14H,1H3,(H,26,28,32)/b20-14+. The monoisotopic (exact) mass is 448 g/mol. The summed E-state index contributed by atoms with van der Waals surface area (Å²) in [7, 11) is 1.44. The van der Waals surface area contributed by atoms with Crippen LogP contribution in [0.5, 0.6) is 17.2 Å². The fourth-order valence-corrected chi connectivity index (χ4v) is 3.38. The molecule has 0 atom stereocenters. The zero-order valence-electron chi connectivity index (χ0n) is 16.9. The second-order valence-electron chi connectivity index (χ2n) is 6.75. The minimum Gasteiger partial charge on any atom is -0.497 e. The molecule has 0 aromatic heterocycles. The summed E-state index contributed by atoms with van der Waals surface area (Å²) in [4.78, 5) is 26.7. The van der Waals surface area contributed by atoms with Crippen LogP contribution in [0.2, 0.25) is 0 Å². The zero-order chi connectivity index (χ0) is 22.7. The number of anilines is 1. The van der Waals surface area contributed by atoms with E-state index in [0.29, 0.717) is 22.9 Å². The number of rotatable bonds is 5. The average molecular weight is 448 g/mol. The van der Waals surface area contributed by atoms with Crippen LogP contribution in [0.4, 0.5) is 10.1 Å². The smallest absolute Gasteiger partial charge is 0.270 e. The third-order valence-corrected chi connectivity index (χ3v) is 4.96. The quantitative estimate of drug-likeness (QED) is 0.355. The summed E-state index contributed by atoms with van der Waals surface area (Å²) in [5.74, 6) is -0.347. The second kappa shape index (κ2) is 8.99. The number of benzene rings is 3. The summed E-state index contributed by atoms with van der Waals surface area (Å²) >= 11 is 5.20. The molecule has 0 spiro atoms. The first kappa shape index (κ1) is 21.2. The molecule has 1 aliphatic rings. The molecule has 2 amide bonds. The largest absolute Gasteiger partial charge is 0.497 e. The van der Waals surface area contributed by atoms with E-state index in [-0.39, 0.29) is 16.2 Å². The summed E-state index contributed by atoms with van der Waals surface area (Å²) in [6.07, 6.45) is 1.18. The van der Waals surface area contributed by atoms with Crippen LogP contribution in [0.3, 0.4) is 0 Å². The Bertz CT molecular complexity index is 1230. The highest BCUT2D eigenvalue weighted by Crippen LogP contribution is 2.27. The number of hydrogen-bond donors (Lipinski definition) is 1. The van der Waals surface area contributed by atoms with E-state index in [0.717, 1.165) is 0 Å². The predicted octanol–water partition coefficient (Wildman–Crippen LogP) is 4.46. The second-order valence-corrected chi connectivity index (χ2v) is 7.14. The minimum atomic E-state index is -0.706. The highest BCUT2D eigenvalue weighted by molar-refractivity contribution is 7.80. The molecule has 1 N–H and O–H groups in total. The van der Waals surface area contributed by atoms with Gasteiger partial charge in [0.25, 0.3) is 11.8 Å². The lowest BCUT2D eigenvalue weighted by Gasteiger charge is -2.29. The first-order chi connectivity index (χ1) is 15.5. The van der Waals surface area contributed by atoms with Crippen LogP contribution in [0.15, 0.2) is 78.4 Å². The van der Waals surface area contributed by atoms with Gasteiger partial charge in [-0.2, -0.15) is 0 Å². The van der Waals surface area contributed by atoms with Gasteiger partial charge >= 0.3 is 0 Å². The highest BCUT2D eigenvalue weighted by atomic mass is 32.1. The van der Waals surface area contributed by atoms with Crippen molar-refractivity contribution in [2.45, 2.75) is 0 Å². The van der Waals surface area contributed by atoms with Crippen molar-refractivity contribution < 1.29 is 23.5 Å². The SMILES string of the molecule is COc1ccc(F)c(/C=C2\C(=O)NC(=S)N(c3ccc(Oc4ccccc4)cc3)C2=O)c1. The molecule has 1 fully saturated rings. The Morgan fingerprint density at radius 2 is 1.59 bits per heavy atom. The van der Waals surface area contributed by atoms with E-state index >= 15 is 0 Å². The van der Waals surface area contributed by atoms with Gasteiger partial charge in [-0.1, -0.05) is 18.2 Å².